The molecular formula is C27H35N3O6. The Kier molecular flexibility index (Phi) is 11.6. The third kappa shape index (κ3) is 10.3. The second-order valence-electron chi connectivity index (χ2n) is 8.98. The molecule has 2 amide bonds. The van der Waals surface area contributed by atoms with Crippen molar-refractivity contribution in [1.82, 2.24) is 10.6 Å². The van der Waals surface area contributed by atoms with E-state index in [4.69, 9.17) is 15.2 Å². The molecule has 0 saturated heterocycles. The van der Waals surface area contributed by atoms with E-state index < -0.39 is 48.3 Å². The second kappa shape index (κ2) is 14.6. The lowest BCUT2D eigenvalue weighted by molar-refractivity contribution is -0.150. The summed E-state index contributed by atoms with van der Waals surface area (Å²) in [6, 6.07) is 15.1. The average molecular weight is 498 g/mol. The van der Waals surface area contributed by atoms with Crippen molar-refractivity contribution < 1.29 is 28.7 Å². The van der Waals surface area contributed by atoms with Gasteiger partial charge in [-0.05, 0) is 30.4 Å². The normalized spacial score (nSPS) is 13.2. The summed E-state index contributed by atoms with van der Waals surface area (Å²) in [5.74, 6) is -2.55. The van der Waals surface area contributed by atoms with Crippen LogP contribution < -0.4 is 16.4 Å². The highest BCUT2D eigenvalue weighted by Crippen LogP contribution is 2.10. The standard InChI is InChI=1S/C27H35N3O6/c1-18(2)14-23(27(34)36-17-21-12-8-5-9-13-21)30-26(33)22(29-25(32)19(3)28)15-24(31)35-16-20-10-6-4-7-11-20/h4-13,18-19,22-23H,14-17,28H2,1-3H3,(H,29,32)(H,30,33)/t19-,22-,23-/m0/s1. The summed E-state index contributed by atoms with van der Waals surface area (Å²) in [5.41, 5.74) is 7.22. The van der Waals surface area contributed by atoms with Crippen LogP contribution in [-0.4, -0.2) is 41.9 Å². The van der Waals surface area contributed by atoms with Crippen molar-refractivity contribution in [1.29, 1.82) is 0 Å². The van der Waals surface area contributed by atoms with Crippen LogP contribution in [0.2, 0.25) is 0 Å². The van der Waals surface area contributed by atoms with E-state index in [2.05, 4.69) is 10.6 Å². The van der Waals surface area contributed by atoms with Crippen molar-refractivity contribution in [3.8, 4) is 0 Å². The number of nitrogens with one attached hydrogen (secondary N) is 2. The molecule has 3 atom stereocenters. The minimum absolute atomic E-state index is 0.0248. The van der Waals surface area contributed by atoms with Gasteiger partial charge in [-0.2, -0.15) is 0 Å². The predicted octanol–water partition coefficient (Wildman–Crippen LogP) is 2.23. The van der Waals surface area contributed by atoms with Crippen LogP contribution in [0, 0.1) is 5.92 Å². The summed E-state index contributed by atoms with van der Waals surface area (Å²) in [5, 5.41) is 5.10. The molecule has 2 rings (SSSR count). The molecule has 0 radical (unpaired) electrons. The lowest BCUT2D eigenvalue weighted by atomic mass is 10.0. The minimum Gasteiger partial charge on any atom is -0.461 e. The van der Waals surface area contributed by atoms with Gasteiger partial charge in [-0.25, -0.2) is 4.79 Å². The lowest BCUT2D eigenvalue weighted by Crippen LogP contribution is -2.55. The largest absolute Gasteiger partial charge is 0.461 e. The second-order valence-corrected chi connectivity index (χ2v) is 8.98. The Labute approximate surface area is 211 Å². The van der Waals surface area contributed by atoms with Gasteiger partial charge < -0.3 is 25.8 Å². The van der Waals surface area contributed by atoms with Crippen LogP contribution in [0.3, 0.4) is 0 Å². The van der Waals surface area contributed by atoms with Gasteiger partial charge in [0, 0.05) is 0 Å². The lowest BCUT2D eigenvalue weighted by Gasteiger charge is -2.24. The molecule has 0 aromatic heterocycles. The molecule has 194 valence electrons. The Bertz CT molecular complexity index is 995. The molecule has 36 heavy (non-hydrogen) atoms. The topological polar surface area (TPSA) is 137 Å². The van der Waals surface area contributed by atoms with E-state index in [0.717, 1.165) is 11.1 Å². The first-order valence-electron chi connectivity index (χ1n) is 11.9. The fourth-order valence-electron chi connectivity index (χ4n) is 3.26. The molecule has 0 saturated carbocycles. The zero-order valence-electron chi connectivity index (χ0n) is 20.9. The third-order valence-electron chi connectivity index (χ3n) is 5.19. The SMILES string of the molecule is CC(C)C[C@H](NC(=O)[C@H](CC(=O)OCc1ccccc1)NC(=O)[C@H](C)N)C(=O)OCc1ccccc1. The molecule has 0 spiro atoms. The van der Waals surface area contributed by atoms with Crippen molar-refractivity contribution in [2.75, 3.05) is 0 Å². The molecule has 0 heterocycles. The molecule has 0 aliphatic rings. The smallest absolute Gasteiger partial charge is 0.328 e. The van der Waals surface area contributed by atoms with Crippen molar-refractivity contribution in [3.63, 3.8) is 0 Å². The fourth-order valence-corrected chi connectivity index (χ4v) is 3.26. The fraction of sp³-hybridized carbons (Fsp3) is 0.407. The molecule has 9 heteroatoms. The minimum atomic E-state index is -1.27. The van der Waals surface area contributed by atoms with Gasteiger partial charge in [0.1, 0.15) is 25.3 Å². The molecular weight excluding hydrogens is 462 g/mol. The van der Waals surface area contributed by atoms with E-state index in [1.165, 1.54) is 6.92 Å². The van der Waals surface area contributed by atoms with Gasteiger partial charge in [0.05, 0.1) is 12.5 Å². The molecule has 2 aromatic rings. The number of nitrogens with two attached hydrogens (primary N) is 1. The maximum atomic E-state index is 13.1. The zero-order chi connectivity index (χ0) is 26.5. The number of rotatable bonds is 13. The molecule has 0 bridgehead atoms. The highest BCUT2D eigenvalue weighted by atomic mass is 16.5. The molecule has 2 aromatic carbocycles. The summed E-state index contributed by atoms with van der Waals surface area (Å²) in [7, 11) is 0. The average Bonchev–Trinajstić information content (AvgIpc) is 2.86. The first-order valence-corrected chi connectivity index (χ1v) is 11.9. The number of amides is 2. The summed E-state index contributed by atoms with van der Waals surface area (Å²) in [4.78, 5) is 50.6. The van der Waals surface area contributed by atoms with Crippen LogP contribution in [0.25, 0.3) is 0 Å². The van der Waals surface area contributed by atoms with Gasteiger partial charge in [-0.15, -0.1) is 0 Å². The number of ether oxygens (including phenoxy) is 2. The van der Waals surface area contributed by atoms with Crippen LogP contribution in [0.1, 0.15) is 44.7 Å². The van der Waals surface area contributed by atoms with Gasteiger partial charge in [-0.1, -0.05) is 74.5 Å². The Morgan fingerprint density at radius 3 is 1.75 bits per heavy atom. The Morgan fingerprint density at radius 2 is 1.25 bits per heavy atom. The van der Waals surface area contributed by atoms with Crippen molar-refractivity contribution >= 4 is 23.8 Å². The number of esters is 2. The molecule has 0 aliphatic carbocycles. The summed E-state index contributed by atoms with van der Waals surface area (Å²) >= 11 is 0. The van der Waals surface area contributed by atoms with Crippen molar-refractivity contribution in [2.24, 2.45) is 11.7 Å². The number of hydrogen-bond acceptors (Lipinski definition) is 7. The van der Waals surface area contributed by atoms with Crippen LogP contribution >= 0.6 is 0 Å². The number of carbonyl (C=O) groups excluding carboxylic acids is 4. The molecule has 0 unspecified atom stereocenters. The number of carbonyl (C=O) groups is 4. The first-order chi connectivity index (χ1) is 17.2. The Hall–Kier alpha value is -3.72. The maximum absolute atomic E-state index is 13.1. The van der Waals surface area contributed by atoms with E-state index in [0.29, 0.717) is 6.42 Å². The van der Waals surface area contributed by atoms with Gasteiger partial charge in [0.25, 0.3) is 0 Å². The first kappa shape index (κ1) is 28.5. The van der Waals surface area contributed by atoms with E-state index in [1.54, 1.807) is 12.1 Å². The van der Waals surface area contributed by atoms with E-state index in [1.807, 2.05) is 62.4 Å². The monoisotopic (exact) mass is 497 g/mol. The number of hydrogen-bond donors (Lipinski definition) is 3. The van der Waals surface area contributed by atoms with Crippen molar-refractivity contribution in [2.45, 2.75) is 65.0 Å². The zero-order valence-corrected chi connectivity index (χ0v) is 20.9. The molecule has 0 fully saturated rings. The summed E-state index contributed by atoms with van der Waals surface area (Å²) in [6.45, 7) is 5.35. The van der Waals surface area contributed by atoms with Gasteiger partial charge in [0.15, 0.2) is 0 Å². The van der Waals surface area contributed by atoms with Crippen LogP contribution in [-0.2, 0) is 41.9 Å². The Morgan fingerprint density at radius 1 is 0.750 bits per heavy atom. The van der Waals surface area contributed by atoms with Crippen LogP contribution in [0.4, 0.5) is 0 Å². The Balaban J connectivity index is 2.06. The van der Waals surface area contributed by atoms with Crippen molar-refractivity contribution in [3.05, 3.63) is 71.8 Å². The quantitative estimate of drug-likeness (QED) is 0.361. The molecule has 0 aliphatic heterocycles. The molecule has 9 nitrogen and oxygen atoms in total. The summed E-state index contributed by atoms with van der Waals surface area (Å²) < 4.78 is 10.7. The highest BCUT2D eigenvalue weighted by Gasteiger charge is 2.30. The summed E-state index contributed by atoms with van der Waals surface area (Å²) in [6.07, 6.45) is -0.115. The maximum Gasteiger partial charge on any atom is 0.328 e. The van der Waals surface area contributed by atoms with Gasteiger partial charge >= 0.3 is 11.9 Å². The van der Waals surface area contributed by atoms with E-state index in [-0.39, 0.29) is 19.1 Å². The van der Waals surface area contributed by atoms with Crippen LogP contribution in [0.15, 0.2) is 60.7 Å². The van der Waals surface area contributed by atoms with Gasteiger partial charge in [0.2, 0.25) is 11.8 Å². The van der Waals surface area contributed by atoms with E-state index in [9.17, 15) is 19.2 Å². The number of benzene rings is 2. The third-order valence-corrected chi connectivity index (χ3v) is 5.19. The van der Waals surface area contributed by atoms with Gasteiger partial charge in [-0.3, -0.25) is 14.4 Å². The van der Waals surface area contributed by atoms with E-state index >= 15 is 0 Å². The predicted molar refractivity (Wildman–Crippen MR) is 134 cm³/mol. The molecule has 4 N–H and O–H groups in total. The van der Waals surface area contributed by atoms with Crippen LogP contribution in [0.5, 0.6) is 0 Å². The highest BCUT2D eigenvalue weighted by molar-refractivity contribution is 5.94.